The van der Waals surface area contributed by atoms with Gasteiger partial charge in [0, 0.05) is 6.04 Å². The molecule has 0 aliphatic rings. The Morgan fingerprint density at radius 2 is 1.22 bits per heavy atom. The molecule has 2 aromatic carbocycles. The van der Waals surface area contributed by atoms with Gasteiger partial charge < -0.3 is 15.2 Å². The van der Waals surface area contributed by atoms with Gasteiger partial charge in [0.1, 0.15) is 24.7 Å². The van der Waals surface area contributed by atoms with Crippen LogP contribution in [0, 0.1) is 5.41 Å². The molecule has 0 radical (unpaired) electrons. The molecular formula is C24H35NO2. The van der Waals surface area contributed by atoms with Crippen LogP contribution in [0.5, 0.6) is 11.5 Å². The second-order valence-corrected chi connectivity index (χ2v) is 9.20. The number of hydrogen-bond donors (Lipinski definition) is 1. The van der Waals surface area contributed by atoms with E-state index in [0.29, 0.717) is 18.6 Å². The quantitative estimate of drug-likeness (QED) is 0.591. The minimum absolute atomic E-state index is 0.0405. The molecule has 148 valence electrons. The molecule has 0 bridgehead atoms. The number of ether oxygens (including phenoxy) is 2. The molecular weight excluding hydrogens is 334 g/mol. The van der Waals surface area contributed by atoms with Crippen LogP contribution in [0.1, 0.15) is 65.1 Å². The third kappa shape index (κ3) is 6.91. The molecule has 3 heteroatoms. The van der Waals surface area contributed by atoms with E-state index in [1.165, 1.54) is 5.56 Å². The van der Waals surface area contributed by atoms with Crippen molar-refractivity contribution in [1.29, 1.82) is 0 Å². The van der Waals surface area contributed by atoms with Crippen LogP contribution in [0.3, 0.4) is 0 Å². The van der Waals surface area contributed by atoms with Gasteiger partial charge in [-0.3, -0.25) is 0 Å². The Morgan fingerprint density at radius 1 is 0.778 bits per heavy atom. The Hall–Kier alpha value is -2.00. The first-order valence-corrected chi connectivity index (χ1v) is 9.78. The molecule has 0 aliphatic carbocycles. The first-order valence-electron chi connectivity index (χ1n) is 9.78. The maximum Gasteiger partial charge on any atom is 0.122 e. The second-order valence-electron chi connectivity index (χ2n) is 9.20. The first-order chi connectivity index (χ1) is 12.6. The van der Waals surface area contributed by atoms with Crippen LogP contribution in [-0.4, -0.2) is 13.2 Å². The van der Waals surface area contributed by atoms with Crippen molar-refractivity contribution in [3.63, 3.8) is 0 Å². The van der Waals surface area contributed by atoms with Crippen LogP contribution in [-0.2, 0) is 5.41 Å². The van der Waals surface area contributed by atoms with Gasteiger partial charge in [0.2, 0.25) is 0 Å². The summed E-state index contributed by atoms with van der Waals surface area (Å²) < 4.78 is 11.5. The van der Waals surface area contributed by atoms with Gasteiger partial charge in [-0.1, -0.05) is 58.9 Å². The molecule has 2 aromatic rings. The summed E-state index contributed by atoms with van der Waals surface area (Å²) in [5.74, 6) is 1.71. The summed E-state index contributed by atoms with van der Waals surface area (Å²) in [6, 6.07) is 16.4. The van der Waals surface area contributed by atoms with Crippen molar-refractivity contribution in [1.82, 2.24) is 0 Å². The second kappa shape index (κ2) is 8.79. The molecule has 1 atom stereocenters. The molecule has 0 aliphatic heterocycles. The van der Waals surface area contributed by atoms with Crippen LogP contribution in [0.2, 0.25) is 0 Å². The van der Waals surface area contributed by atoms with E-state index in [-0.39, 0.29) is 11.5 Å². The van der Waals surface area contributed by atoms with E-state index < -0.39 is 0 Å². The van der Waals surface area contributed by atoms with Crippen LogP contribution < -0.4 is 15.2 Å². The Balaban J connectivity index is 1.81. The molecule has 0 fully saturated rings. The van der Waals surface area contributed by atoms with E-state index in [0.717, 1.165) is 23.5 Å². The number of rotatable bonds is 8. The minimum Gasteiger partial charge on any atom is -0.490 e. The average molecular weight is 370 g/mol. The molecule has 0 amide bonds. The van der Waals surface area contributed by atoms with Gasteiger partial charge >= 0.3 is 0 Å². The lowest BCUT2D eigenvalue weighted by Crippen LogP contribution is -2.24. The standard InChI is InChI=1S/C24H35NO2/c1-18(25)19-7-11-21(12-8-19)26-15-16-27-22-13-9-20(10-14-22)24(5,6)17-23(2,3)4/h7-14,18H,15-17,25H2,1-6H3/t18-/m0/s1. The van der Waals surface area contributed by atoms with E-state index >= 15 is 0 Å². The summed E-state index contributed by atoms with van der Waals surface area (Å²) in [4.78, 5) is 0. The summed E-state index contributed by atoms with van der Waals surface area (Å²) in [7, 11) is 0. The van der Waals surface area contributed by atoms with Crippen LogP contribution in [0.15, 0.2) is 48.5 Å². The molecule has 0 saturated heterocycles. The van der Waals surface area contributed by atoms with Crippen LogP contribution >= 0.6 is 0 Å². The zero-order valence-corrected chi connectivity index (χ0v) is 17.7. The number of benzene rings is 2. The third-order valence-corrected chi connectivity index (χ3v) is 4.63. The predicted molar refractivity (Wildman–Crippen MR) is 114 cm³/mol. The highest BCUT2D eigenvalue weighted by molar-refractivity contribution is 5.32. The summed E-state index contributed by atoms with van der Waals surface area (Å²) in [5.41, 5.74) is 8.75. The molecule has 0 saturated carbocycles. The molecule has 27 heavy (non-hydrogen) atoms. The maximum atomic E-state index is 5.86. The van der Waals surface area contributed by atoms with Crippen LogP contribution in [0.25, 0.3) is 0 Å². The summed E-state index contributed by atoms with van der Waals surface area (Å²) in [5, 5.41) is 0. The zero-order chi connectivity index (χ0) is 20.1. The van der Waals surface area contributed by atoms with Gasteiger partial charge in [-0.15, -0.1) is 0 Å². The van der Waals surface area contributed by atoms with Crippen molar-refractivity contribution in [2.75, 3.05) is 13.2 Å². The highest BCUT2D eigenvalue weighted by Crippen LogP contribution is 2.36. The fourth-order valence-electron chi connectivity index (χ4n) is 3.62. The van der Waals surface area contributed by atoms with E-state index in [4.69, 9.17) is 15.2 Å². The Labute approximate surface area is 164 Å². The Morgan fingerprint density at radius 3 is 1.63 bits per heavy atom. The van der Waals surface area contributed by atoms with E-state index in [1.54, 1.807) is 0 Å². The predicted octanol–water partition coefficient (Wildman–Crippen LogP) is 5.88. The van der Waals surface area contributed by atoms with E-state index in [1.807, 2.05) is 31.2 Å². The van der Waals surface area contributed by atoms with Crippen molar-refractivity contribution < 1.29 is 9.47 Å². The molecule has 0 aromatic heterocycles. The zero-order valence-electron chi connectivity index (χ0n) is 17.7. The lowest BCUT2D eigenvalue weighted by Gasteiger charge is -2.33. The number of hydrogen-bond acceptors (Lipinski definition) is 3. The Bertz CT molecular complexity index is 695. The van der Waals surface area contributed by atoms with Gasteiger partial charge in [-0.25, -0.2) is 0 Å². The average Bonchev–Trinajstić information content (AvgIpc) is 2.57. The van der Waals surface area contributed by atoms with Gasteiger partial charge in [0.25, 0.3) is 0 Å². The molecule has 0 unspecified atom stereocenters. The van der Waals surface area contributed by atoms with Crippen molar-refractivity contribution in [2.24, 2.45) is 11.1 Å². The van der Waals surface area contributed by atoms with Gasteiger partial charge in [-0.05, 0) is 59.6 Å². The van der Waals surface area contributed by atoms with Crippen LogP contribution in [0.4, 0.5) is 0 Å². The lowest BCUT2D eigenvalue weighted by atomic mass is 9.72. The van der Waals surface area contributed by atoms with Crippen molar-refractivity contribution in [3.8, 4) is 11.5 Å². The number of nitrogens with two attached hydrogens (primary N) is 1. The summed E-state index contributed by atoms with van der Waals surface area (Å²) in [6.45, 7) is 14.5. The summed E-state index contributed by atoms with van der Waals surface area (Å²) in [6.07, 6.45) is 1.13. The largest absolute Gasteiger partial charge is 0.490 e. The van der Waals surface area contributed by atoms with Gasteiger partial charge in [0.15, 0.2) is 0 Å². The van der Waals surface area contributed by atoms with Crippen molar-refractivity contribution in [3.05, 3.63) is 59.7 Å². The summed E-state index contributed by atoms with van der Waals surface area (Å²) >= 11 is 0. The molecule has 2 N–H and O–H groups in total. The first kappa shape index (κ1) is 21.3. The SMILES string of the molecule is C[C@H](N)c1ccc(OCCOc2ccc(C(C)(C)CC(C)(C)C)cc2)cc1. The van der Waals surface area contributed by atoms with Gasteiger partial charge in [-0.2, -0.15) is 0 Å². The molecule has 0 heterocycles. The third-order valence-electron chi connectivity index (χ3n) is 4.63. The monoisotopic (exact) mass is 369 g/mol. The molecule has 3 nitrogen and oxygen atoms in total. The van der Waals surface area contributed by atoms with Crippen molar-refractivity contribution >= 4 is 0 Å². The van der Waals surface area contributed by atoms with Gasteiger partial charge in [0.05, 0.1) is 0 Å². The fourth-order valence-corrected chi connectivity index (χ4v) is 3.62. The maximum absolute atomic E-state index is 5.86. The van der Waals surface area contributed by atoms with Crippen molar-refractivity contribution in [2.45, 2.75) is 59.4 Å². The topological polar surface area (TPSA) is 44.5 Å². The highest BCUT2D eigenvalue weighted by atomic mass is 16.5. The minimum atomic E-state index is 0.0405. The Kier molecular flexibility index (Phi) is 6.94. The van der Waals surface area contributed by atoms with E-state index in [2.05, 4.69) is 58.9 Å². The fraction of sp³-hybridized carbons (Fsp3) is 0.500. The molecule has 2 rings (SSSR count). The lowest BCUT2D eigenvalue weighted by molar-refractivity contribution is 0.217. The highest BCUT2D eigenvalue weighted by Gasteiger charge is 2.27. The normalized spacial score (nSPS) is 13.3. The molecule has 0 spiro atoms. The van der Waals surface area contributed by atoms with E-state index in [9.17, 15) is 0 Å². The smallest absolute Gasteiger partial charge is 0.122 e.